The summed E-state index contributed by atoms with van der Waals surface area (Å²) in [6.07, 6.45) is 11.2. The molecule has 0 amide bonds. The fraction of sp³-hybridized carbons (Fsp3) is 1.00. The van der Waals surface area contributed by atoms with E-state index in [4.69, 9.17) is 0 Å². The first-order chi connectivity index (χ1) is 7.76. The van der Waals surface area contributed by atoms with Crippen LogP contribution in [0.4, 0.5) is 0 Å². The Bertz CT molecular complexity index is 167. The Labute approximate surface area is 102 Å². The second kappa shape index (κ2) is 7.32. The largest absolute Gasteiger partial charge is 0.316 e. The van der Waals surface area contributed by atoms with E-state index in [1.807, 2.05) is 0 Å². The average Bonchev–Trinajstić information content (AvgIpc) is 2.26. The summed E-state index contributed by atoms with van der Waals surface area (Å²) >= 11 is 0. The third-order valence-corrected chi connectivity index (χ3v) is 4.64. The van der Waals surface area contributed by atoms with Crippen LogP contribution in [-0.2, 0) is 0 Å². The average molecular weight is 225 g/mol. The third kappa shape index (κ3) is 4.08. The van der Waals surface area contributed by atoms with Crippen LogP contribution in [0.5, 0.6) is 0 Å². The van der Waals surface area contributed by atoms with E-state index in [1.54, 1.807) is 0 Å². The second-order valence-corrected chi connectivity index (χ2v) is 5.75. The van der Waals surface area contributed by atoms with Gasteiger partial charge in [-0.2, -0.15) is 0 Å². The molecule has 1 aliphatic rings. The summed E-state index contributed by atoms with van der Waals surface area (Å²) in [6, 6.07) is 0. The van der Waals surface area contributed by atoms with Gasteiger partial charge in [0, 0.05) is 6.54 Å². The van der Waals surface area contributed by atoms with Crippen LogP contribution < -0.4 is 5.32 Å². The van der Waals surface area contributed by atoms with Gasteiger partial charge in [0.15, 0.2) is 0 Å². The predicted octanol–water partition coefficient (Wildman–Crippen LogP) is 4.37. The highest BCUT2D eigenvalue weighted by Gasteiger charge is 2.34. The van der Waals surface area contributed by atoms with Gasteiger partial charge in [-0.25, -0.2) is 0 Å². The van der Waals surface area contributed by atoms with Crippen molar-refractivity contribution >= 4 is 0 Å². The lowest BCUT2D eigenvalue weighted by Crippen LogP contribution is -2.40. The van der Waals surface area contributed by atoms with Crippen molar-refractivity contribution in [3.8, 4) is 0 Å². The van der Waals surface area contributed by atoms with Gasteiger partial charge in [-0.1, -0.05) is 46.5 Å². The highest BCUT2D eigenvalue weighted by atomic mass is 14.9. The van der Waals surface area contributed by atoms with E-state index in [9.17, 15) is 0 Å². The van der Waals surface area contributed by atoms with Gasteiger partial charge in [-0.05, 0) is 43.6 Å². The lowest BCUT2D eigenvalue weighted by Gasteiger charge is -2.41. The second-order valence-electron chi connectivity index (χ2n) is 5.75. The molecule has 1 aliphatic carbocycles. The Morgan fingerprint density at radius 2 is 1.94 bits per heavy atom. The molecule has 0 aromatic heterocycles. The smallest absolute Gasteiger partial charge is 0.000782 e. The SMILES string of the molecule is CCCCC(CC)CNCC1(CC)CCC1. The molecule has 0 heterocycles. The first-order valence-electron chi connectivity index (χ1n) is 7.47. The highest BCUT2D eigenvalue weighted by Crippen LogP contribution is 2.43. The van der Waals surface area contributed by atoms with E-state index in [0.29, 0.717) is 5.41 Å². The van der Waals surface area contributed by atoms with Crippen LogP contribution in [0.3, 0.4) is 0 Å². The maximum Gasteiger partial charge on any atom is 0.000782 e. The van der Waals surface area contributed by atoms with E-state index in [-0.39, 0.29) is 0 Å². The molecule has 0 spiro atoms. The van der Waals surface area contributed by atoms with E-state index >= 15 is 0 Å². The Kier molecular flexibility index (Phi) is 6.41. The van der Waals surface area contributed by atoms with Gasteiger partial charge in [0.25, 0.3) is 0 Å². The minimum Gasteiger partial charge on any atom is -0.316 e. The van der Waals surface area contributed by atoms with E-state index in [0.717, 1.165) is 5.92 Å². The summed E-state index contributed by atoms with van der Waals surface area (Å²) in [4.78, 5) is 0. The van der Waals surface area contributed by atoms with Crippen LogP contribution in [0, 0.1) is 11.3 Å². The van der Waals surface area contributed by atoms with Crippen LogP contribution >= 0.6 is 0 Å². The van der Waals surface area contributed by atoms with Crippen LogP contribution in [0.15, 0.2) is 0 Å². The fourth-order valence-corrected chi connectivity index (χ4v) is 2.82. The molecule has 96 valence electrons. The van der Waals surface area contributed by atoms with E-state index < -0.39 is 0 Å². The molecule has 1 unspecified atom stereocenters. The van der Waals surface area contributed by atoms with Gasteiger partial charge in [0.2, 0.25) is 0 Å². The molecule has 1 saturated carbocycles. The van der Waals surface area contributed by atoms with Crippen molar-refractivity contribution in [2.45, 2.75) is 72.1 Å². The first-order valence-corrected chi connectivity index (χ1v) is 7.47. The number of nitrogens with one attached hydrogen (secondary N) is 1. The van der Waals surface area contributed by atoms with Crippen LogP contribution in [0.1, 0.15) is 72.1 Å². The van der Waals surface area contributed by atoms with Crippen molar-refractivity contribution in [3.05, 3.63) is 0 Å². The molecule has 0 aliphatic heterocycles. The summed E-state index contributed by atoms with van der Waals surface area (Å²) in [5, 5.41) is 3.74. The van der Waals surface area contributed by atoms with Crippen LogP contribution in [-0.4, -0.2) is 13.1 Å². The lowest BCUT2D eigenvalue weighted by atomic mass is 9.67. The topological polar surface area (TPSA) is 12.0 Å². The number of unbranched alkanes of at least 4 members (excludes halogenated alkanes) is 1. The third-order valence-electron chi connectivity index (χ3n) is 4.64. The Hall–Kier alpha value is -0.0400. The van der Waals surface area contributed by atoms with Crippen molar-refractivity contribution < 1.29 is 0 Å². The monoisotopic (exact) mass is 225 g/mol. The molecule has 0 radical (unpaired) electrons. The summed E-state index contributed by atoms with van der Waals surface area (Å²) in [5.74, 6) is 0.911. The maximum atomic E-state index is 3.74. The fourth-order valence-electron chi connectivity index (χ4n) is 2.82. The van der Waals surface area contributed by atoms with Gasteiger partial charge in [0.05, 0.1) is 0 Å². The minimum absolute atomic E-state index is 0.684. The Balaban J connectivity index is 2.12. The van der Waals surface area contributed by atoms with Crippen molar-refractivity contribution in [3.63, 3.8) is 0 Å². The molecule has 1 N–H and O–H groups in total. The summed E-state index contributed by atoms with van der Waals surface area (Å²) in [7, 11) is 0. The molecule has 1 atom stereocenters. The molecule has 0 saturated heterocycles. The number of hydrogen-bond donors (Lipinski definition) is 1. The quantitative estimate of drug-likeness (QED) is 0.614. The molecular weight excluding hydrogens is 194 g/mol. The Morgan fingerprint density at radius 3 is 2.38 bits per heavy atom. The summed E-state index contributed by atoms with van der Waals surface area (Å²) in [5.41, 5.74) is 0.684. The molecule has 0 aromatic carbocycles. The summed E-state index contributed by atoms with van der Waals surface area (Å²) in [6.45, 7) is 9.50. The van der Waals surface area contributed by atoms with Crippen LogP contribution in [0.25, 0.3) is 0 Å². The molecule has 0 aromatic rings. The van der Waals surface area contributed by atoms with Crippen molar-refractivity contribution in [2.75, 3.05) is 13.1 Å². The molecule has 1 heteroatoms. The number of hydrogen-bond acceptors (Lipinski definition) is 1. The summed E-state index contributed by atoms with van der Waals surface area (Å²) < 4.78 is 0. The first kappa shape index (κ1) is 14.0. The van der Waals surface area contributed by atoms with E-state index in [2.05, 4.69) is 26.1 Å². The molecule has 1 fully saturated rings. The molecule has 1 nitrogen and oxygen atoms in total. The molecule has 1 rings (SSSR count). The predicted molar refractivity (Wildman–Crippen MR) is 72.8 cm³/mol. The Morgan fingerprint density at radius 1 is 1.19 bits per heavy atom. The zero-order valence-electron chi connectivity index (χ0n) is 11.6. The standard InChI is InChI=1S/C15H31N/c1-4-7-9-14(5-2)12-16-13-15(6-3)10-8-11-15/h14,16H,4-13H2,1-3H3. The van der Waals surface area contributed by atoms with Crippen molar-refractivity contribution in [2.24, 2.45) is 11.3 Å². The van der Waals surface area contributed by atoms with Gasteiger partial charge < -0.3 is 5.32 Å². The minimum atomic E-state index is 0.684. The maximum absolute atomic E-state index is 3.74. The highest BCUT2D eigenvalue weighted by molar-refractivity contribution is 4.88. The van der Waals surface area contributed by atoms with Crippen LogP contribution in [0.2, 0.25) is 0 Å². The molecular formula is C15H31N. The normalized spacial score (nSPS) is 20.4. The number of rotatable bonds is 9. The van der Waals surface area contributed by atoms with Crippen molar-refractivity contribution in [1.29, 1.82) is 0 Å². The molecule has 0 bridgehead atoms. The van der Waals surface area contributed by atoms with Gasteiger partial charge in [-0.15, -0.1) is 0 Å². The lowest BCUT2D eigenvalue weighted by molar-refractivity contribution is 0.122. The van der Waals surface area contributed by atoms with Crippen molar-refractivity contribution in [1.82, 2.24) is 5.32 Å². The zero-order chi connectivity index (χ0) is 11.9. The van der Waals surface area contributed by atoms with Gasteiger partial charge in [-0.3, -0.25) is 0 Å². The zero-order valence-corrected chi connectivity index (χ0v) is 11.6. The van der Waals surface area contributed by atoms with E-state index in [1.165, 1.54) is 64.5 Å². The van der Waals surface area contributed by atoms with Gasteiger partial charge in [0.1, 0.15) is 0 Å². The molecule has 16 heavy (non-hydrogen) atoms. The van der Waals surface area contributed by atoms with Gasteiger partial charge >= 0.3 is 0 Å².